The number of benzene rings is 4. The van der Waals surface area contributed by atoms with E-state index in [1.54, 1.807) is 48.5 Å². The van der Waals surface area contributed by atoms with Gasteiger partial charge in [-0.3, -0.25) is 33.6 Å². The number of esters is 1. The molecule has 0 aromatic heterocycles. The zero-order chi connectivity index (χ0) is 50.9. The smallest absolute Gasteiger partial charge is 0.334 e. The molecule has 0 aliphatic carbocycles. The summed E-state index contributed by atoms with van der Waals surface area (Å²) in [5, 5.41) is 24.8. The lowest BCUT2D eigenvalue weighted by molar-refractivity contribution is -0.139. The molecule has 0 spiro atoms. The molecule has 4 rings (SSSR count). The van der Waals surface area contributed by atoms with Crippen molar-refractivity contribution in [2.45, 2.75) is 89.1 Å². The van der Waals surface area contributed by atoms with Crippen molar-refractivity contribution in [1.29, 1.82) is 0 Å². The van der Waals surface area contributed by atoms with Crippen LogP contribution in [0.2, 0.25) is 0 Å². The molecule has 0 saturated carbocycles. The molecule has 4 aromatic carbocycles. The summed E-state index contributed by atoms with van der Waals surface area (Å²) in [6.45, 7) is 4.78. The Balaban J connectivity index is 0.000000712. The number of phenols is 1. The third kappa shape index (κ3) is 20.8. The minimum absolute atomic E-state index is 0.0125. The fraction of sp³-hybridized carbons (Fsp3) is 0.347. The zero-order valence-electron chi connectivity index (χ0n) is 38.9. The SMILES string of the molecule is CCCNC(=O)[C@@H](N)Cc1ccccc1.C[C@H](NC(=O)CN)C(=O)N[C@@H](Cc1ccc(O)cc1)C(=O)Oc1ccc(C[C@H](N)C(=O)N[C@@H](C)C(=O)NCC(=O)N[C@@H](Cc2ccccc2)C(N)=O)cc1. The number of primary amides is 1. The molecule has 7 amide bonds. The third-order valence-electron chi connectivity index (χ3n) is 10.2. The molecule has 0 unspecified atom stereocenters. The number of nitrogens with two attached hydrogens (primary N) is 4. The number of phenolic OH excluding ortho intramolecular Hbond substituents is 1. The van der Waals surface area contributed by atoms with E-state index in [1.165, 1.54) is 38.1 Å². The number of aromatic hydroxyl groups is 1. The fourth-order valence-corrected chi connectivity index (χ4v) is 6.32. The molecule has 4 aromatic rings. The summed E-state index contributed by atoms with van der Waals surface area (Å²) in [5.41, 5.74) is 25.7. The van der Waals surface area contributed by atoms with Gasteiger partial charge in [0.1, 0.15) is 35.7 Å². The lowest BCUT2D eigenvalue weighted by Gasteiger charge is -2.21. The predicted molar refractivity (Wildman–Crippen MR) is 257 cm³/mol. The zero-order valence-corrected chi connectivity index (χ0v) is 38.9. The van der Waals surface area contributed by atoms with E-state index in [9.17, 15) is 43.5 Å². The van der Waals surface area contributed by atoms with Crippen LogP contribution in [0.5, 0.6) is 11.5 Å². The molecular formula is C49H64N10O10. The second kappa shape index (κ2) is 29.2. The Morgan fingerprint density at radius 1 is 0.551 bits per heavy atom. The summed E-state index contributed by atoms with van der Waals surface area (Å²) in [6.07, 6.45) is 1.77. The monoisotopic (exact) mass is 952 g/mol. The number of hydrogen-bond acceptors (Lipinski definition) is 13. The van der Waals surface area contributed by atoms with E-state index < -0.39 is 84.2 Å². The minimum atomic E-state index is -1.17. The first kappa shape index (κ1) is 55.6. The van der Waals surface area contributed by atoms with Crippen molar-refractivity contribution < 1.29 is 48.2 Å². The van der Waals surface area contributed by atoms with E-state index in [1.807, 2.05) is 43.3 Å². The first-order valence-corrected chi connectivity index (χ1v) is 22.3. The van der Waals surface area contributed by atoms with Crippen LogP contribution in [0.3, 0.4) is 0 Å². The summed E-state index contributed by atoms with van der Waals surface area (Å²) in [4.78, 5) is 98.7. The van der Waals surface area contributed by atoms with Gasteiger partial charge in [0, 0.05) is 19.4 Å². The van der Waals surface area contributed by atoms with Crippen LogP contribution >= 0.6 is 0 Å². The van der Waals surface area contributed by atoms with Gasteiger partial charge in [-0.2, -0.15) is 0 Å². The Morgan fingerprint density at radius 2 is 1.04 bits per heavy atom. The van der Waals surface area contributed by atoms with E-state index in [0.717, 1.165) is 17.5 Å². The molecule has 370 valence electrons. The normalized spacial score (nSPS) is 13.2. The maximum absolute atomic E-state index is 13.2. The molecule has 0 aliphatic rings. The average Bonchev–Trinajstić information content (AvgIpc) is 3.33. The van der Waals surface area contributed by atoms with Gasteiger partial charge in [-0.25, -0.2) is 4.79 Å². The molecule has 0 bridgehead atoms. The van der Waals surface area contributed by atoms with Gasteiger partial charge in [0.2, 0.25) is 41.4 Å². The molecular weight excluding hydrogens is 889 g/mol. The van der Waals surface area contributed by atoms with Crippen LogP contribution < -0.4 is 59.6 Å². The van der Waals surface area contributed by atoms with Crippen molar-refractivity contribution >= 4 is 47.3 Å². The highest BCUT2D eigenvalue weighted by Crippen LogP contribution is 2.17. The van der Waals surface area contributed by atoms with Crippen LogP contribution in [0, 0.1) is 0 Å². The molecule has 15 N–H and O–H groups in total. The van der Waals surface area contributed by atoms with Crippen LogP contribution in [0.25, 0.3) is 0 Å². The van der Waals surface area contributed by atoms with Gasteiger partial charge in [-0.05, 0) is 79.6 Å². The summed E-state index contributed by atoms with van der Waals surface area (Å²) in [7, 11) is 0. The molecule has 0 saturated heterocycles. The first-order chi connectivity index (χ1) is 32.9. The summed E-state index contributed by atoms with van der Waals surface area (Å²) >= 11 is 0. The Kier molecular flexibility index (Phi) is 23.5. The van der Waals surface area contributed by atoms with Gasteiger partial charge in [0.25, 0.3) is 0 Å². The molecule has 69 heavy (non-hydrogen) atoms. The minimum Gasteiger partial charge on any atom is -0.508 e. The highest BCUT2D eigenvalue weighted by atomic mass is 16.5. The second-order valence-electron chi connectivity index (χ2n) is 16.0. The largest absolute Gasteiger partial charge is 0.508 e. The Bertz CT molecular complexity index is 2300. The van der Waals surface area contributed by atoms with E-state index in [0.29, 0.717) is 24.1 Å². The topological polar surface area (TPSA) is 342 Å². The molecule has 0 aliphatic heterocycles. The van der Waals surface area contributed by atoms with Gasteiger partial charge in [-0.1, -0.05) is 91.9 Å². The van der Waals surface area contributed by atoms with Crippen molar-refractivity contribution in [2.75, 3.05) is 19.6 Å². The van der Waals surface area contributed by atoms with Crippen LogP contribution in [0.4, 0.5) is 0 Å². The van der Waals surface area contributed by atoms with Crippen LogP contribution in [0.15, 0.2) is 109 Å². The molecule has 6 atom stereocenters. The maximum Gasteiger partial charge on any atom is 0.334 e. The van der Waals surface area contributed by atoms with Crippen molar-refractivity contribution in [3.63, 3.8) is 0 Å². The highest BCUT2D eigenvalue weighted by Gasteiger charge is 2.27. The highest BCUT2D eigenvalue weighted by molar-refractivity contribution is 5.93. The molecule has 0 heterocycles. The van der Waals surface area contributed by atoms with E-state index >= 15 is 0 Å². The quantitative estimate of drug-likeness (QED) is 0.0306. The Morgan fingerprint density at radius 3 is 1.59 bits per heavy atom. The standard InChI is InChI=1S/C37H46N8O9.C12H18N2O/c1-21(34(50)41-20-32(48)44-29(33(40)49)17-23-6-4-3-5-7-23)43-36(52)28(39)16-24-10-14-27(15-11-24)54-37(53)30(18-25-8-12-26(46)13-9-25)45-35(51)22(2)42-31(47)19-38;1-2-8-14-12(15)11(13)9-10-6-4-3-5-7-10/h3-15,21-22,28-30,46H,16-20,38-39H2,1-2H3,(H2,40,49)(H,41,50)(H,42,47)(H,43,52)(H,44,48)(H,45,51);3-7,11H,2,8-9,13H2,1H3,(H,14,15)/t21-,22-,28-,29-,30-;11-/m00/s1. The number of ether oxygens (including phenoxy) is 1. The summed E-state index contributed by atoms with van der Waals surface area (Å²) in [5.74, 6) is -4.60. The van der Waals surface area contributed by atoms with Crippen molar-refractivity contribution in [2.24, 2.45) is 22.9 Å². The van der Waals surface area contributed by atoms with Gasteiger partial charge in [0.15, 0.2) is 0 Å². The van der Waals surface area contributed by atoms with Gasteiger partial charge in [0.05, 0.1) is 25.2 Å². The Hall–Kier alpha value is -7.68. The number of carbonyl (C=O) groups is 8. The van der Waals surface area contributed by atoms with Crippen molar-refractivity contribution in [1.82, 2.24) is 31.9 Å². The number of amides is 7. The maximum atomic E-state index is 13.2. The summed E-state index contributed by atoms with van der Waals surface area (Å²) < 4.78 is 5.52. The van der Waals surface area contributed by atoms with E-state index in [-0.39, 0.29) is 43.2 Å². The average molecular weight is 953 g/mol. The van der Waals surface area contributed by atoms with Gasteiger partial charge >= 0.3 is 5.97 Å². The van der Waals surface area contributed by atoms with E-state index in [2.05, 4.69) is 31.9 Å². The predicted octanol–water partition coefficient (Wildman–Crippen LogP) is -0.725. The van der Waals surface area contributed by atoms with Crippen molar-refractivity contribution in [3.8, 4) is 11.5 Å². The lowest BCUT2D eigenvalue weighted by Crippen LogP contribution is -2.53. The van der Waals surface area contributed by atoms with E-state index in [4.69, 9.17) is 27.7 Å². The molecule has 0 fully saturated rings. The third-order valence-corrected chi connectivity index (χ3v) is 10.2. The van der Waals surface area contributed by atoms with Crippen molar-refractivity contribution in [3.05, 3.63) is 131 Å². The number of hydrogen-bond donors (Lipinski definition) is 11. The number of carbonyl (C=O) groups excluding carboxylic acids is 8. The molecule has 20 nitrogen and oxygen atoms in total. The first-order valence-electron chi connectivity index (χ1n) is 22.3. The van der Waals surface area contributed by atoms with Gasteiger partial charge < -0.3 is 64.7 Å². The molecule has 20 heteroatoms. The number of rotatable bonds is 24. The van der Waals surface area contributed by atoms with Crippen LogP contribution in [0.1, 0.15) is 49.4 Å². The lowest BCUT2D eigenvalue weighted by atomic mass is 10.0. The Labute approximate surface area is 401 Å². The fourth-order valence-electron chi connectivity index (χ4n) is 6.32. The number of nitrogens with one attached hydrogen (secondary N) is 6. The van der Waals surface area contributed by atoms with Crippen LogP contribution in [-0.4, -0.2) is 108 Å². The molecule has 0 radical (unpaired) electrons. The van der Waals surface area contributed by atoms with Gasteiger partial charge in [-0.15, -0.1) is 0 Å². The van der Waals surface area contributed by atoms with Crippen LogP contribution in [-0.2, 0) is 64.0 Å². The second-order valence-corrected chi connectivity index (χ2v) is 16.0. The summed E-state index contributed by atoms with van der Waals surface area (Å²) in [6, 6.07) is 25.2.